The first-order valence-electron chi connectivity index (χ1n) is 8.08. The number of benzene rings is 1. The van der Waals surface area contributed by atoms with E-state index in [0.717, 1.165) is 16.7 Å². The van der Waals surface area contributed by atoms with Crippen LogP contribution in [-0.4, -0.2) is 66.2 Å². The number of amides is 2. The molecule has 0 saturated carbocycles. The Labute approximate surface area is 148 Å². The van der Waals surface area contributed by atoms with E-state index in [1.807, 2.05) is 4.90 Å². The molecule has 26 heavy (non-hydrogen) atoms. The predicted octanol–water partition coefficient (Wildman–Crippen LogP) is 0.0883. The number of β-amino-alcohol motifs (C(OH)–C–C–N with tert-alkyl or cyclic N) is 1. The normalized spacial score (nSPS) is 17.5. The molecule has 0 unspecified atom stereocenters. The number of nitrogens with zero attached hydrogens (tertiary/aromatic N) is 3. The van der Waals surface area contributed by atoms with Gasteiger partial charge in [-0.2, -0.15) is 0 Å². The molecule has 2 heterocycles. The molecule has 2 amide bonds. The summed E-state index contributed by atoms with van der Waals surface area (Å²) >= 11 is 0. The minimum absolute atomic E-state index is 0.0642. The van der Waals surface area contributed by atoms with Crippen molar-refractivity contribution in [2.45, 2.75) is 0 Å². The number of morpholine rings is 1. The lowest BCUT2D eigenvalue weighted by molar-refractivity contribution is -0.383. The van der Waals surface area contributed by atoms with Crippen LogP contribution in [0, 0.1) is 10.1 Å². The number of aliphatic hydroxyl groups is 1. The summed E-state index contributed by atoms with van der Waals surface area (Å²) in [6.07, 6.45) is 1.07. The molecule has 0 radical (unpaired) electrons. The minimum atomic E-state index is -0.630. The maximum absolute atomic E-state index is 12.2. The number of anilines is 2. The van der Waals surface area contributed by atoms with Gasteiger partial charge < -0.3 is 20.1 Å². The highest BCUT2D eigenvalue weighted by Gasteiger charge is 2.32. The molecular formula is C16H18N4O6. The van der Waals surface area contributed by atoms with Gasteiger partial charge in [-0.1, -0.05) is 0 Å². The Bertz CT molecular complexity index is 772. The number of nitrogens with one attached hydrogen (secondary N) is 1. The van der Waals surface area contributed by atoms with Gasteiger partial charge in [0.1, 0.15) is 11.4 Å². The van der Waals surface area contributed by atoms with Crippen LogP contribution in [0.3, 0.4) is 0 Å². The quantitative estimate of drug-likeness (QED) is 0.414. The number of carbonyl (C=O) groups is 2. The van der Waals surface area contributed by atoms with Crippen LogP contribution >= 0.6 is 0 Å². The summed E-state index contributed by atoms with van der Waals surface area (Å²) in [6, 6.07) is 4.58. The fourth-order valence-corrected chi connectivity index (χ4v) is 2.86. The van der Waals surface area contributed by atoms with E-state index >= 15 is 0 Å². The van der Waals surface area contributed by atoms with Crippen molar-refractivity contribution >= 4 is 28.9 Å². The smallest absolute Gasteiger partial charge is 0.292 e. The van der Waals surface area contributed by atoms with E-state index < -0.39 is 16.7 Å². The molecule has 10 heteroatoms. The van der Waals surface area contributed by atoms with Crippen molar-refractivity contribution in [3.8, 4) is 0 Å². The van der Waals surface area contributed by atoms with Gasteiger partial charge in [-0.05, 0) is 12.1 Å². The summed E-state index contributed by atoms with van der Waals surface area (Å²) in [6.45, 7) is 1.95. The van der Waals surface area contributed by atoms with Crippen molar-refractivity contribution in [1.29, 1.82) is 0 Å². The number of ether oxygens (including phenoxy) is 1. The molecular weight excluding hydrogens is 344 g/mol. The summed E-state index contributed by atoms with van der Waals surface area (Å²) in [5, 5.41) is 23.0. The maximum Gasteiger partial charge on any atom is 0.292 e. The van der Waals surface area contributed by atoms with Gasteiger partial charge in [-0.15, -0.1) is 0 Å². The molecule has 2 aliphatic heterocycles. The van der Waals surface area contributed by atoms with Crippen LogP contribution in [0.1, 0.15) is 0 Å². The van der Waals surface area contributed by atoms with E-state index in [2.05, 4.69) is 5.32 Å². The van der Waals surface area contributed by atoms with Crippen LogP contribution in [0.25, 0.3) is 0 Å². The van der Waals surface area contributed by atoms with Crippen LogP contribution < -0.4 is 10.2 Å². The highest BCUT2D eigenvalue weighted by atomic mass is 16.6. The Morgan fingerprint density at radius 3 is 2.65 bits per heavy atom. The van der Waals surface area contributed by atoms with E-state index in [1.54, 1.807) is 12.1 Å². The molecule has 2 aliphatic rings. The Morgan fingerprint density at radius 2 is 2.00 bits per heavy atom. The molecule has 0 aromatic heterocycles. The fourth-order valence-electron chi connectivity index (χ4n) is 2.86. The van der Waals surface area contributed by atoms with Gasteiger partial charge in [0, 0.05) is 30.9 Å². The number of nitro benzene ring substituents is 1. The van der Waals surface area contributed by atoms with Gasteiger partial charge in [0.2, 0.25) is 0 Å². The van der Waals surface area contributed by atoms with Crippen molar-refractivity contribution in [3.05, 3.63) is 40.1 Å². The van der Waals surface area contributed by atoms with Gasteiger partial charge in [0.15, 0.2) is 0 Å². The van der Waals surface area contributed by atoms with Crippen molar-refractivity contribution in [3.63, 3.8) is 0 Å². The monoisotopic (exact) mass is 362 g/mol. The molecule has 1 aromatic carbocycles. The van der Waals surface area contributed by atoms with E-state index in [1.165, 1.54) is 6.07 Å². The maximum atomic E-state index is 12.2. The number of hydrogen-bond donors (Lipinski definition) is 2. The lowest BCUT2D eigenvalue weighted by atomic mass is 10.2. The SMILES string of the molecule is O=C1C=C(Nc2cc(N3CCOCC3)ccc2[N+](=O)[O-])C(=O)N1CCO. The summed E-state index contributed by atoms with van der Waals surface area (Å²) < 4.78 is 5.30. The van der Waals surface area contributed by atoms with Crippen LogP contribution in [0.5, 0.6) is 0 Å². The van der Waals surface area contributed by atoms with E-state index in [-0.39, 0.29) is 30.2 Å². The number of hydrogen-bond acceptors (Lipinski definition) is 8. The second-order valence-electron chi connectivity index (χ2n) is 5.76. The van der Waals surface area contributed by atoms with Crippen molar-refractivity contribution in [1.82, 2.24) is 4.90 Å². The van der Waals surface area contributed by atoms with Crippen molar-refractivity contribution in [2.24, 2.45) is 0 Å². The molecule has 1 fully saturated rings. The predicted molar refractivity (Wildman–Crippen MR) is 91.6 cm³/mol. The van der Waals surface area contributed by atoms with Gasteiger partial charge in [-0.3, -0.25) is 24.6 Å². The first kappa shape index (κ1) is 17.8. The van der Waals surface area contributed by atoms with E-state index in [4.69, 9.17) is 9.84 Å². The van der Waals surface area contributed by atoms with Gasteiger partial charge in [0.05, 0.1) is 31.3 Å². The van der Waals surface area contributed by atoms with Crippen LogP contribution in [0.15, 0.2) is 30.0 Å². The second kappa shape index (κ2) is 7.50. The summed E-state index contributed by atoms with van der Waals surface area (Å²) in [5.74, 6) is -1.20. The second-order valence-corrected chi connectivity index (χ2v) is 5.76. The lowest BCUT2D eigenvalue weighted by Crippen LogP contribution is -2.36. The third-order valence-electron chi connectivity index (χ3n) is 4.16. The molecule has 0 aliphatic carbocycles. The summed E-state index contributed by atoms with van der Waals surface area (Å²) in [4.78, 5) is 37.7. The van der Waals surface area contributed by atoms with Crippen LogP contribution in [0.4, 0.5) is 17.1 Å². The van der Waals surface area contributed by atoms with Gasteiger partial charge in [0.25, 0.3) is 17.5 Å². The lowest BCUT2D eigenvalue weighted by Gasteiger charge is -2.29. The zero-order valence-electron chi connectivity index (χ0n) is 13.9. The summed E-state index contributed by atoms with van der Waals surface area (Å²) in [7, 11) is 0. The third kappa shape index (κ3) is 3.51. The van der Waals surface area contributed by atoms with Crippen molar-refractivity contribution < 1.29 is 24.4 Å². The average molecular weight is 362 g/mol. The Morgan fingerprint density at radius 1 is 1.27 bits per heavy atom. The zero-order chi connectivity index (χ0) is 18.7. The molecule has 0 atom stereocenters. The number of rotatable bonds is 6. The number of imide groups is 1. The molecule has 1 aromatic rings. The molecule has 2 N–H and O–H groups in total. The number of nitro groups is 1. The van der Waals surface area contributed by atoms with Crippen molar-refractivity contribution in [2.75, 3.05) is 49.7 Å². The standard InChI is InChI=1S/C16H18N4O6/c21-6-3-19-15(22)10-13(16(19)23)17-12-9-11(1-2-14(12)20(24)25)18-4-7-26-8-5-18/h1-2,9-10,17,21H,3-8H2. The molecule has 1 saturated heterocycles. The minimum Gasteiger partial charge on any atom is -0.395 e. The third-order valence-corrected chi connectivity index (χ3v) is 4.16. The molecule has 3 rings (SSSR count). The first-order chi connectivity index (χ1) is 12.5. The molecule has 0 spiro atoms. The fraction of sp³-hybridized carbons (Fsp3) is 0.375. The van der Waals surface area contributed by atoms with E-state index in [0.29, 0.717) is 26.3 Å². The highest BCUT2D eigenvalue weighted by Crippen LogP contribution is 2.31. The van der Waals surface area contributed by atoms with Crippen LogP contribution in [0.2, 0.25) is 0 Å². The summed E-state index contributed by atoms with van der Waals surface area (Å²) in [5.41, 5.74) is 0.609. The Balaban J connectivity index is 1.88. The van der Waals surface area contributed by atoms with Gasteiger partial charge >= 0.3 is 0 Å². The Hall–Kier alpha value is -2.98. The largest absolute Gasteiger partial charge is 0.395 e. The number of aliphatic hydroxyl groups excluding tert-OH is 1. The topological polar surface area (TPSA) is 125 Å². The molecule has 138 valence electrons. The molecule has 10 nitrogen and oxygen atoms in total. The number of carbonyl (C=O) groups excluding carboxylic acids is 2. The van der Waals surface area contributed by atoms with Gasteiger partial charge in [-0.25, -0.2) is 0 Å². The highest BCUT2D eigenvalue weighted by molar-refractivity contribution is 6.17. The van der Waals surface area contributed by atoms with E-state index in [9.17, 15) is 19.7 Å². The molecule has 0 bridgehead atoms. The first-order valence-corrected chi connectivity index (χ1v) is 8.08. The van der Waals surface area contributed by atoms with Crippen LogP contribution in [-0.2, 0) is 14.3 Å². The zero-order valence-corrected chi connectivity index (χ0v) is 13.9. The Kier molecular flexibility index (Phi) is 5.14. The average Bonchev–Trinajstić information content (AvgIpc) is 2.90.